The summed E-state index contributed by atoms with van der Waals surface area (Å²) in [6.45, 7) is 5.00. The van der Waals surface area contributed by atoms with Gasteiger partial charge in [-0.25, -0.2) is 4.98 Å². The fraction of sp³-hybridized carbons (Fsp3) is 0.600. The number of amides is 1. The lowest BCUT2D eigenvalue weighted by molar-refractivity contribution is 0.0571. The zero-order valence-electron chi connectivity index (χ0n) is 12.6. The molecule has 0 spiro atoms. The Labute approximate surface area is 134 Å². The first kappa shape index (κ1) is 16.2. The molecule has 21 heavy (non-hydrogen) atoms. The molecule has 2 rings (SSSR count). The van der Waals surface area contributed by atoms with Crippen LogP contribution in [0.4, 0.5) is 5.82 Å². The van der Waals surface area contributed by atoms with Crippen LogP contribution in [0.3, 0.4) is 0 Å². The van der Waals surface area contributed by atoms with E-state index in [0.717, 1.165) is 36.9 Å². The van der Waals surface area contributed by atoms with Crippen molar-refractivity contribution >= 4 is 27.7 Å². The molecular formula is C15H22BrN3O2. The van der Waals surface area contributed by atoms with Crippen LogP contribution in [0.2, 0.25) is 0 Å². The van der Waals surface area contributed by atoms with E-state index in [9.17, 15) is 4.79 Å². The highest BCUT2D eigenvalue weighted by Gasteiger charge is 2.26. The van der Waals surface area contributed by atoms with Gasteiger partial charge in [-0.05, 0) is 47.7 Å². The fourth-order valence-electron chi connectivity index (χ4n) is 2.70. The van der Waals surface area contributed by atoms with E-state index in [1.54, 1.807) is 13.3 Å². The number of pyridine rings is 1. The number of rotatable bonds is 5. The number of piperidine rings is 1. The highest BCUT2D eigenvalue weighted by atomic mass is 79.9. The van der Waals surface area contributed by atoms with E-state index in [-0.39, 0.29) is 5.91 Å². The number of hydrogen-bond donors (Lipinski definition) is 1. The van der Waals surface area contributed by atoms with Crippen LogP contribution >= 0.6 is 15.9 Å². The number of likely N-dealkylation sites (tertiary alicyclic amines) is 1. The summed E-state index contributed by atoms with van der Waals surface area (Å²) < 4.78 is 6.04. The number of nitrogens with one attached hydrogen (secondary N) is 1. The van der Waals surface area contributed by atoms with Gasteiger partial charge in [0, 0.05) is 37.4 Å². The minimum Gasteiger partial charge on any atom is -0.384 e. The van der Waals surface area contributed by atoms with Crippen LogP contribution in [0.1, 0.15) is 30.1 Å². The summed E-state index contributed by atoms with van der Waals surface area (Å²) in [6, 6.07) is 1.84. The first-order valence-electron chi connectivity index (χ1n) is 7.33. The first-order valence-corrected chi connectivity index (χ1v) is 8.12. The summed E-state index contributed by atoms with van der Waals surface area (Å²) in [7, 11) is 1.71. The van der Waals surface area contributed by atoms with Crippen LogP contribution in [0.15, 0.2) is 16.7 Å². The Balaban J connectivity index is 2.16. The molecule has 1 aromatic heterocycles. The van der Waals surface area contributed by atoms with E-state index in [4.69, 9.17) is 4.74 Å². The van der Waals surface area contributed by atoms with Gasteiger partial charge in [-0.15, -0.1) is 0 Å². The average molecular weight is 356 g/mol. The normalized spacial score (nSPS) is 18.6. The summed E-state index contributed by atoms with van der Waals surface area (Å²) in [6.07, 6.45) is 3.85. The highest BCUT2D eigenvalue weighted by molar-refractivity contribution is 9.10. The van der Waals surface area contributed by atoms with Crippen molar-refractivity contribution in [3.63, 3.8) is 0 Å². The third-order valence-corrected chi connectivity index (χ3v) is 4.07. The molecule has 0 aliphatic carbocycles. The van der Waals surface area contributed by atoms with Gasteiger partial charge < -0.3 is 15.0 Å². The molecule has 1 N–H and O–H groups in total. The fourth-order valence-corrected chi connectivity index (χ4v) is 3.03. The van der Waals surface area contributed by atoms with E-state index in [1.807, 2.05) is 17.9 Å². The van der Waals surface area contributed by atoms with Crippen molar-refractivity contribution in [1.29, 1.82) is 0 Å². The molecule has 1 fully saturated rings. The average Bonchev–Trinajstić information content (AvgIpc) is 2.49. The predicted molar refractivity (Wildman–Crippen MR) is 86.6 cm³/mol. The Morgan fingerprint density at radius 1 is 1.62 bits per heavy atom. The van der Waals surface area contributed by atoms with Gasteiger partial charge in [-0.2, -0.15) is 0 Å². The van der Waals surface area contributed by atoms with Gasteiger partial charge in [-0.1, -0.05) is 0 Å². The number of nitrogens with zero attached hydrogens (tertiary/aromatic N) is 2. The second-order valence-electron chi connectivity index (χ2n) is 5.29. The van der Waals surface area contributed by atoms with Gasteiger partial charge in [0.1, 0.15) is 5.82 Å². The molecule has 0 bridgehead atoms. The molecule has 0 radical (unpaired) electrons. The van der Waals surface area contributed by atoms with E-state index >= 15 is 0 Å². The van der Waals surface area contributed by atoms with E-state index < -0.39 is 0 Å². The molecule has 1 unspecified atom stereocenters. The Bertz CT molecular complexity index is 494. The van der Waals surface area contributed by atoms with E-state index in [0.29, 0.717) is 23.9 Å². The van der Waals surface area contributed by atoms with Gasteiger partial charge in [0.25, 0.3) is 5.91 Å². The van der Waals surface area contributed by atoms with Gasteiger partial charge in [0.2, 0.25) is 0 Å². The monoisotopic (exact) mass is 355 g/mol. The quantitative estimate of drug-likeness (QED) is 0.882. The number of halogens is 1. The molecule has 6 heteroatoms. The minimum absolute atomic E-state index is 0.0422. The van der Waals surface area contributed by atoms with Crippen molar-refractivity contribution in [3.05, 3.63) is 22.3 Å². The third kappa shape index (κ3) is 4.17. The van der Waals surface area contributed by atoms with Crippen molar-refractivity contribution in [2.45, 2.75) is 19.8 Å². The molecule has 1 aromatic rings. The number of methoxy groups -OCH3 is 1. The Morgan fingerprint density at radius 3 is 3.14 bits per heavy atom. The predicted octanol–water partition coefficient (Wildman–Crippen LogP) is 2.77. The maximum absolute atomic E-state index is 12.8. The van der Waals surface area contributed by atoms with Crippen LogP contribution in [0, 0.1) is 5.92 Å². The Kier molecular flexibility index (Phi) is 5.99. The second kappa shape index (κ2) is 7.75. The molecule has 0 aromatic carbocycles. The molecule has 1 aliphatic heterocycles. The van der Waals surface area contributed by atoms with Gasteiger partial charge in [-0.3, -0.25) is 4.79 Å². The van der Waals surface area contributed by atoms with Gasteiger partial charge in [0.15, 0.2) is 0 Å². The molecule has 5 nitrogen and oxygen atoms in total. The lowest BCUT2D eigenvalue weighted by Gasteiger charge is -2.32. The largest absolute Gasteiger partial charge is 0.384 e. The molecular weight excluding hydrogens is 334 g/mol. The number of ether oxygens (including phenoxy) is 1. The highest BCUT2D eigenvalue weighted by Crippen LogP contribution is 2.23. The number of anilines is 1. The van der Waals surface area contributed by atoms with Crippen LogP contribution in [-0.2, 0) is 4.74 Å². The van der Waals surface area contributed by atoms with Crippen LogP contribution < -0.4 is 5.32 Å². The number of carbonyl (C=O) groups is 1. The minimum atomic E-state index is 0.0422. The lowest BCUT2D eigenvalue weighted by Crippen LogP contribution is -2.41. The maximum atomic E-state index is 12.8. The molecule has 0 saturated carbocycles. The molecule has 2 heterocycles. The molecule has 1 atom stereocenters. The lowest BCUT2D eigenvalue weighted by atomic mass is 9.98. The Morgan fingerprint density at radius 2 is 2.43 bits per heavy atom. The summed E-state index contributed by atoms with van der Waals surface area (Å²) in [5, 5.41) is 3.16. The van der Waals surface area contributed by atoms with Crippen LogP contribution in [-0.4, -0.2) is 49.1 Å². The molecule has 1 amide bonds. The second-order valence-corrected chi connectivity index (χ2v) is 6.21. The van der Waals surface area contributed by atoms with Crippen molar-refractivity contribution in [2.24, 2.45) is 5.92 Å². The smallest absolute Gasteiger partial charge is 0.257 e. The molecule has 1 saturated heterocycles. The SMILES string of the molecule is CCNc1ncc(Br)cc1C(=O)N1CCCC(COC)C1. The molecule has 116 valence electrons. The zero-order valence-corrected chi connectivity index (χ0v) is 14.1. The van der Waals surface area contributed by atoms with E-state index in [1.165, 1.54) is 0 Å². The number of aromatic nitrogens is 1. The van der Waals surface area contributed by atoms with Crippen molar-refractivity contribution in [2.75, 3.05) is 38.7 Å². The molecule has 1 aliphatic rings. The first-order chi connectivity index (χ1) is 10.2. The van der Waals surface area contributed by atoms with Crippen molar-refractivity contribution in [1.82, 2.24) is 9.88 Å². The summed E-state index contributed by atoms with van der Waals surface area (Å²) in [5.74, 6) is 1.12. The Hall–Kier alpha value is -1.14. The van der Waals surface area contributed by atoms with E-state index in [2.05, 4.69) is 26.2 Å². The van der Waals surface area contributed by atoms with Gasteiger partial charge >= 0.3 is 0 Å². The number of carbonyl (C=O) groups excluding carboxylic acids is 1. The summed E-state index contributed by atoms with van der Waals surface area (Å²) >= 11 is 3.40. The standard InChI is InChI=1S/C15H22BrN3O2/c1-3-17-14-13(7-12(16)8-18-14)15(20)19-6-4-5-11(9-19)10-21-2/h7-8,11H,3-6,9-10H2,1-2H3,(H,17,18). The maximum Gasteiger partial charge on any atom is 0.257 e. The third-order valence-electron chi connectivity index (χ3n) is 3.64. The number of hydrogen-bond acceptors (Lipinski definition) is 4. The van der Waals surface area contributed by atoms with Crippen LogP contribution in [0.25, 0.3) is 0 Å². The summed E-state index contributed by atoms with van der Waals surface area (Å²) in [5.41, 5.74) is 0.629. The van der Waals surface area contributed by atoms with Crippen molar-refractivity contribution in [3.8, 4) is 0 Å². The topological polar surface area (TPSA) is 54.5 Å². The zero-order chi connectivity index (χ0) is 15.2. The summed E-state index contributed by atoms with van der Waals surface area (Å²) in [4.78, 5) is 19.0. The van der Waals surface area contributed by atoms with Gasteiger partial charge in [0.05, 0.1) is 12.2 Å². The van der Waals surface area contributed by atoms with Crippen LogP contribution in [0.5, 0.6) is 0 Å². The van der Waals surface area contributed by atoms with Crippen molar-refractivity contribution < 1.29 is 9.53 Å².